The van der Waals surface area contributed by atoms with Crippen molar-refractivity contribution in [2.75, 3.05) is 26.7 Å². The van der Waals surface area contributed by atoms with Crippen molar-refractivity contribution < 1.29 is 9.53 Å². The van der Waals surface area contributed by atoms with Crippen LogP contribution in [0, 0.1) is 24.7 Å². The minimum absolute atomic E-state index is 0.531. The van der Waals surface area contributed by atoms with Crippen LogP contribution < -0.4 is 4.74 Å². The molecule has 0 atom stereocenters. The third kappa shape index (κ3) is 5.28. The van der Waals surface area contributed by atoms with Crippen LogP contribution in [0.25, 0.3) is 11.1 Å². The second-order valence-electron chi connectivity index (χ2n) is 8.52. The number of nitrogens with zero attached hydrogens (tertiary/aromatic N) is 1. The normalized spacial score (nSPS) is 14.4. The first-order chi connectivity index (χ1) is 15.6. The SMILES string of the molecule is Cc1c(C#Cc2ccc(C=O)c(OCC3CCN(C)CC3)c2)cccc1-c1ccccc1. The van der Waals surface area contributed by atoms with Crippen molar-refractivity contribution in [3.8, 4) is 28.7 Å². The zero-order valence-electron chi connectivity index (χ0n) is 18.8. The van der Waals surface area contributed by atoms with Gasteiger partial charge in [0.05, 0.1) is 12.2 Å². The van der Waals surface area contributed by atoms with E-state index in [4.69, 9.17) is 4.74 Å². The van der Waals surface area contributed by atoms with Gasteiger partial charge in [-0.1, -0.05) is 54.3 Å². The molecule has 32 heavy (non-hydrogen) atoms. The fourth-order valence-corrected chi connectivity index (χ4v) is 4.11. The highest BCUT2D eigenvalue weighted by Gasteiger charge is 2.17. The number of benzene rings is 3. The van der Waals surface area contributed by atoms with Crippen LogP contribution in [0.3, 0.4) is 0 Å². The second kappa shape index (κ2) is 10.3. The summed E-state index contributed by atoms with van der Waals surface area (Å²) < 4.78 is 6.08. The first-order valence-corrected chi connectivity index (χ1v) is 11.2. The summed E-state index contributed by atoms with van der Waals surface area (Å²) in [5.41, 5.74) is 5.96. The van der Waals surface area contributed by atoms with Crippen molar-refractivity contribution in [3.05, 3.63) is 89.0 Å². The molecule has 3 nitrogen and oxygen atoms in total. The molecule has 0 aromatic heterocycles. The Bertz CT molecular complexity index is 1130. The van der Waals surface area contributed by atoms with E-state index in [1.807, 2.05) is 30.3 Å². The highest BCUT2D eigenvalue weighted by Crippen LogP contribution is 2.26. The first-order valence-electron chi connectivity index (χ1n) is 11.2. The molecule has 1 heterocycles. The fourth-order valence-electron chi connectivity index (χ4n) is 4.11. The Morgan fingerprint density at radius 3 is 2.53 bits per heavy atom. The predicted octanol–water partition coefficient (Wildman–Crippen LogP) is 5.59. The number of aldehydes is 1. The van der Waals surface area contributed by atoms with Gasteiger partial charge in [0.25, 0.3) is 0 Å². The molecule has 3 heteroatoms. The summed E-state index contributed by atoms with van der Waals surface area (Å²) in [5.74, 6) is 7.74. The number of piperidine rings is 1. The van der Waals surface area contributed by atoms with E-state index in [9.17, 15) is 4.79 Å². The molecular weight excluding hydrogens is 394 g/mol. The van der Waals surface area contributed by atoms with E-state index in [1.165, 1.54) is 11.1 Å². The van der Waals surface area contributed by atoms with Crippen LogP contribution in [0.2, 0.25) is 0 Å². The van der Waals surface area contributed by atoms with Gasteiger partial charge in [-0.05, 0) is 86.8 Å². The van der Waals surface area contributed by atoms with Gasteiger partial charge in [0, 0.05) is 11.1 Å². The molecule has 0 radical (unpaired) electrons. The van der Waals surface area contributed by atoms with Crippen LogP contribution in [-0.2, 0) is 0 Å². The summed E-state index contributed by atoms with van der Waals surface area (Å²) in [6.07, 6.45) is 3.11. The minimum Gasteiger partial charge on any atom is -0.493 e. The highest BCUT2D eigenvalue weighted by molar-refractivity contribution is 5.80. The van der Waals surface area contributed by atoms with E-state index in [-0.39, 0.29) is 0 Å². The number of carbonyl (C=O) groups excluding carboxylic acids is 1. The third-order valence-electron chi connectivity index (χ3n) is 6.21. The van der Waals surface area contributed by atoms with Gasteiger partial charge in [-0.2, -0.15) is 0 Å². The number of hydrogen-bond donors (Lipinski definition) is 0. The van der Waals surface area contributed by atoms with Gasteiger partial charge in [-0.25, -0.2) is 0 Å². The lowest BCUT2D eigenvalue weighted by molar-refractivity contribution is 0.111. The van der Waals surface area contributed by atoms with Gasteiger partial charge in [0.2, 0.25) is 0 Å². The summed E-state index contributed by atoms with van der Waals surface area (Å²) in [7, 11) is 2.15. The Kier molecular flexibility index (Phi) is 7.04. The monoisotopic (exact) mass is 423 g/mol. The number of carbonyl (C=O) groups is 1. The number of likely N-dealkylation sites (tertiary alicyclic amines) is 1. The second-order valence-corrected chi connectivity index (χ2v) is 8.52. The molecular formula is C29H29NO2. The van der Waals surface area contributed by atoms with Gasteiger partial charge >= 0.3 is 0 Å². The van der Waals surface area contributed by atoms with Crippen LogP contribution in [0.15, 0.2) is 66.7 Å². The van der Waals surface area contributed by atoms with Crippen LogP contribution in [0.4, 0.5) is 0 Å². The smallest absolute Gasteiger partial charge is 0.153 e. The van der Waals surface area contributed by atoms with Crippen molar-refractivity contribution in [1.29, 1.82) is 0 Å². The maximum absolute atomic E-state index is 11.5. The Hall–Kier alpha value is -3.35. The lowest BCUT2D eigenvalue weighted by Gasteiger charge is -2.28. The first kappa shape index (κ1) is 21.9. The number of rotatable bonds is 5. The molecule has 0 aliphatic carbocycles. The summed E-state index contributed by atoms with van der Waals surface area (Å²) in [5, 5.41) is 0. The van der Waals surface area contributed by atoms with E-state index in [1.54, 1.807) is 6.07 Å². The Morgan fingerprint density at radius 2 is 1.78 bits per heavy atom. The largest absolute Gasteiger partial charge is 0.493 e. The summed E-state index contributed by atoms with van der Waals surface area (Å²) in [4.78, 5) is 13.9. The molecule has 0 amide bonds. The average molecular weight is 424 g/mol. The molecule has 0 spiro atoms. The van der Waals surface area contributed by atoms with Gasteiger partial charge in [0.1, 0.15) is 5.75 Å². The zero-order chi connectivity index (χ0) is 22.3. The summed E-state index contributed by atoms with van der Waals surface area (Å²) in [6, 6.07) is 22.2. The fraction of sp³-hybridized carbons (Fsp3) is 0.276. The zero-order valence-corrected chi connectivity index (χ0v) is 18.8. The molecule has 162 valence electrons. The van der Waals surface area contributed by atoms with Gasteiger partial charge in [0.15, 0.2) is 6.29 Å². The molecule has 0 bridgehead atoms. The molecule has 0 unspecified atom stereocenters. The van der Waals surface area contributed by atoms with Crippen LogP contribution in [0.1, 0.15) is 39.9 Å². The topological polar surface area (TPSA) is 29.5 Å². The van der Waals surface area contributed by atoms with Crippen molar-refractivity contribution >= 4 is 6.29 Å². The quantitative estimate of drug-likeness (QED) is 0.395. The Balaban J connectivity index is 1.53. The molecule has 0 N–H and O–H groups in total. The van der Waals surface area contributed by atoms with Gasteiger partial charge < -0.3 is 9.64 Å². The van der Waals surface area contributed by atoms with E-state index >= 15 is 0 Å². The molecule has 0 saturated carbocycles. The number of hydrogen-bond acceptors (Lipinski definition) is 3. The highest BCUT2D eigenvalue weighted by atomic mass is 16.5. The lowest BCUT2D eigenvalue weighted by Crippen LogP contribution is -2.32. The summed E-state index contributed by atoms with van der Waals surface area (Å²) >= 11 is 0. The molecule has 1 fully saturated rings. The predicted molar refractivity (Wildman–Crippen MR) is 130 cm³/mol. The molecule has 3 aromatic carbocycles. The van der Waals surface area contributed by atoms with E-state index in [0.29, 0.717) is 23.8 Å². The summed E-state index contributed by atoms with van der Waals surface area (Å²) in [6.45, 7) is 4.95. The van der Waals surface area contributed by atoms with Crippen molar-refractivity contribution in [2.45, 2.75) is 19.8 Å². The van der Waals surface area contributed by atoms with Crippen LogP contribution in [0.5, 0.6) is 5.75 Å². The molecule has 1 aliphatic heterocycles. The van der Waals surface area contributed by atoms with Crippen molar-refractivity contribution in [1.82, 2.24) is 4.90 Å². The lowest BCUT2D eigenvalue weighted by atomic mass is 9.96. The molecule has 4 rings (SSSR count). The minimum atomic E-state index is 0.531. The van der Waals surface area contributed by atoms with Gasteiger partial charge in [-0.15, -0.1) is 0 Å². The molecule has 1 saturated heterocycles. The maximum Gasteiger partial charge on any atom is 0.153 e. The Morgan fingerprint density at radius 1 is 1.00 bits per heavy atom. The third-order valence-corrected chi connectivity index (χ3v) is 6.21. The van der Waals surface area contributed by atoms with E-state index in [0.717, 1.165) is 48.9 Å². The molecule has 1 aliphatic rings. The van der Waals surface area contributed by atoms with Crippen LogP contribution >= 0.6 is 0 Å². The standard InChI is InChI=1S/C29H29NO2/c1-22-25(9-6-10-28(22)26-7-4-3-5-8-26)13-11-23-12-14-27(20-31)29(19-23)32-21-24-15-17-30(2)18-16-24/h3-10,12,14,19-20,24H,15-18,21H2,1-2H3. The molecule has 3 aromatic rings. The van der Waals surface area contributed by atoms with Gasteiger partial charge in [-0.3, -0.25) is 4.79 Å². The number of ether oxygens (including phenoxy) is 1. The average Bonchev–Trinajstić information content (AvgIpc) is 2.83. The van der Waals surface area contributed by atoms with E-state index < -0.39 is 0 Å². The van der Waals surface area contributed by atoms with Crippen molar-refractivity contribution in [3.63, 3.8) is 0 Å². The maximum atomic E-state index is 11.5. The van der Waals surface area contributed by atoms with E-state index in [2.05, 4.69) is 61.0 Å². The van der Waals surface area contributed by atoms with Crippen molar-refractivity contribution in [2.24, 2.45) is 5.92 Å². The Labute approximate surface area is 191 Å². The van der Waals surface area contributed by atoms with Crippen LogP contribution in [-0.4, -0.2) is 37.9 Å².